The van der Waals surface area contributed by atoms with Gasteiger partial charge in [-0.05, 0) is 43.9 Å². The lowest BCUT2D eigenvalue weighted by Crippen LogP contribution is -2.42. The normalized spacial score (nSPS) is 24.4. The lowest BCUT2D eigenvalue weighted by molar-refractivity contribution is 0.183. The van der Waals surface area contributed by atoms with E-state index in [0.717, 1.165) is 18.9 Å². The Morgan fingerprint density at radius 2 is 2.31 bits per heavy atom. The van der Waals surface area contributed by atoms with Crippen molar-refractivity contribution in [3.05, 3.63) is 30.1 Å². The molecule has 1 aromatic heterocycles. The van der Waals surface area contributed by atoms with Crippen LogP contribution in [0.4, 0.5) is 0 Å². The first-order valence-electron chi connectivity index (χ1n) is 6.07. The lowest BCUT2D eigenvalue weighted by atomic mass is 9.80. The second kappa shape index (κ2) is 5.41. The van der Waals surface area contributed by atoms with Crippen LogP contribution in [0.1, 0.15) is 18.4 Å². The average molecular weight is 219 g/mol. The van der Waals surface area contributed by atoms with Crippen molar-refractivity contribution in [2.24, 2.45) is 11.7 Å². The molecular formula is C13H21N3. The van der Waals surface area contributed by atoms with Crippen LogP contribution in [0.2, 0.25) is 0 Å². The van der Waals surface area contributed by atoms with Gasteiger partial charge in [0.25, 0.3) is 0 Å². The number of rotatable bonds is 5. The molecule has 3 heteroatoms. The monoisotopic (exact) mass is 219 g/mol. The number of pyridine rings is 1. The van der Waals surface area contributed by atoms with Crippen LogP contribution in [0.3, 0.4) is 0 Å². The molecule has 0 unspecified atom stereocenters. The third-order valence-corrected chi connectivity index (χ3v) is 3.35. The van der Waals surface area contributed by atoms with Gasteiger partial charge in [-0.2, -0.15) is 0 Å². The fourth-order valence-electron chi connectivity index (χ4n) is 2.33. The maximum atomic E-state index is 5.78. The molecule has 1 heterocycles. The molecule has 1 aromatic rings. The van der Waals surface area contributed by atoms with Crippen molar-refractivity contribution in [3.8, 4) is 0 Å². The first-order chi connectivity index (χ1) is 7.74. The first kappa shape index (κ1) is 11.6. The van der Waals surface area contributed by atoms with Gasteiger partial charge in [-0.1, -0.05) is 6.07 Å². The Hall–Kier alpha value is -0.930. The SMILES string of the molecule is CN(CCc1cccnc1)CC1CC(N)C1. The largest absolute Gasteiger partial charge is 0.328 e. The highest BCUT2D eigenvalue weighted by Crippen LogP contribution is 2.25. The van der Waals surface area contributed by atoms with Gasteiger partial charge in [0.15, 0.2) is 0 Å². The number of hydrogen-bond acceptors (Lipinski definition) is 3. The Kier molecular flexibility index (Phi) is 3.91. The number of nitrogens with two attached hydrogens (primary N) is 1. The lowest BCUT2D eigenvalue weighted by Gasteiger charge is -2.35. The van der Waals surface area contributed by atoms with Crippen molar-refractivity contribution < 1.29 is 0 Å². The van der Waals surface area contributed by atoms with Crippen LogP contribution in [0.25, 0.3) is 0 Å². The van der Waals surface area contributed by atoms with E-state index < -0.39 is 0 Å². The molecule has 1 saturated carbocycles. The second-order valence-corrected chi connectivity index (χ2v) is 4.97. The van der Waals surface area contributed by atoms with Crippen molar-refractivity contribution in [1.82, 2.24) is 9.88 Å². The molecule has 0 aliphatic heterocycles. The zero-order valence-corrected chi connectivity index (χ0v) is 9.97. The van der Waals surface area contributed by atoms with E-state index >= 15 is 0 Å². The summed E-state index contributed by atoms with van der Waals surface area (Å²) in [4.78, 5) is 6.53. The molecule has 1 aliphatic rings. The summed E-state index contributed by atoms with van der Waals surface area (Å²) in [5.74, 6) is 0.828. The van der Waals surface area contributed by atoms with Gasteiger partial charge < -0.3 is 10.6 Å². The average Bonchev–Trinajstić information content (AvgIpc) is 2.26. The van der Waals surface area contributed by atoms with Crippen LogP contribution in [0.5, 0.6) is 0 Å². The summed E-state index contributed by atoms with van der Waals surface area (Å²) in [5, 5.41) is 0. The van der Waals surface area contributed by atoms with E-state index in [0.29, 0.717) is 6.04 Å². The molecule has 0 radical (unpaired) electrons. The molecular weight excluding hydrogens is 198 g/mol. The van der Waals surface area contributed by atoms with E-state index in [1.165, 1.54) is 24.9 Å². The molecule has 0 saturated heterocycles. The summed E-state index contributed by atoms with van der Waals surface area (Å²) in [7, 11) is 2.19. The van der Waals surface area contributed by atoms with Crippen molar-refractivity contribution in [2.45, 2.75) is 25.3 Å². The van der Waals surface area contributed by atoms with Crippen LogP contribution in [0, 0.1) is 5.92 Å². The van der Waals surface area contributed by atoms with E-state index in [2.05, 4.69) is 23.0 Å². The third-order valence-electron chi connectivity index (χ3n) is 3.35. The maximum absolute atomic E-state index is 5.78. The standard InChI is InChI=1S/C13H21N3/c1-16(10-12-7-13(14)8-12)6-4-11-3-2-5-15-9-11/h2-3,5,9,12-13H,4,6-8,10,14H2,1H3. The summed E-state index contributed by atoms with van der Waals surface area (Å²) >= 11 is 0. The smallest absolute Gasteiger partial charge is 0.0300 e. The Labute approximate surface area is 97.7 Å². The van der Waals surface area contributed by atoms with Crippen LogP contribution < -0.4 is 5.73 Å². The van der Waals surface area contributed by atoms with Gasteiger partial charge in [-0.15, -0.1) is 0 Å². The molecule has 0 aromatic carbocycles. The molecule has 1 aliphatic carbocycles. The summed E-state index contributed by atoms with van der Waals surface area (Å²) < 4.78 is 0. The van der Waals surface area contributed by atoms with Gasteiger partial charge in [0.1, 0.15) is 0 Å². The van der Waals surface area contributed by atoms with Gasteiger partial charge in [0.05, 0.1) is 0 Å². The highest BCUT2D eigenvalue weighted by Gasteiger charge is 2.26. The minimum Gasteiger partial charge on any atom is -0.328 e. The summed E-state index contributed by atoms with van der Waals surface area (Å²) in [6, 6.07) is 4.61. The number of likely N-dealkylation sites (N-methyl/N-ethyl adjacent to an activating group) is 1. The topological polar surface area (TPSA) is 42.2 Å². The van der Waals surface area contributed by atoms with Crippen molar-refractivity contribution in [3.63, 3.8) is 0 Å². The van der Waals surface area contributed by atoms with E-state index in [4.69, 9.17) is 5.73 Å². The number of nitrogens with zero attached hydrogens (tertiary/aromatic N) is 2. The van der Waals surface area contributed by atoms with Crippen LogP contribution in [-0.2, 0) is 6.42 Å². The molecule has 16 heavy (non-hydrogen) atoms. The van der Waals surface area contributed by atoms with Gasteiger partial charge in [-0.3, -0.25) is 4.98 Å². The van der Waals surface area contributed by atoms with Gasteiger partial charge in [0, 0.05) is 31.5 Å². The first-order valence-corrected chi connectivity index (χ1v) is 6.07. The Balaban J connectivity index is 1.66. The minimum atomic E-state index is 0.469. The zero-order chi connectivity index (χ0) is 11.4. The molecule has 0 atom stereocenters. The Morgan fingerprint density at radius 1 is 1.50 bits per heavy atom. The molecule has 3 nitrogen and oxygen atoms in total. The fraction of sp³-hybridized carbons (Fsp3) is 0.615. The Bertz CT molecular complexity index is 306. The minimum absolute atomic E-state index is 0.469. The second-order valence-electron chi connectivity index (χ2n) is 4.97. The molecule has 0 bridgehead atoms. The van der Waals surface area contributed by atoms with Crippen LogP contribution in [-0.4, -0.2) is 36.1 Å². The van der Waals surface area contributed by atoms with Crippen molar-refractivity contribution >= 4 is 0 Å². The van der Waals surface area contributed by atoms with Crippen molar-refractivity contribution in [1.29, 1.82) is 0 Å². The number of hydrogen-bond donors (Lipinski definition) is 1. The summed E-state index contributed by atoms with van der Waals surface area (Å²) in [5.41, 5.74) is 7.10. The van der Waals surface area contributed by atoms with E-state index in [9.17, 15) is 0 Å². The van der Waals surface area contributed by atoms with Crippen LogP contribution >= 0.6 is 0 Å². The Morgan fingerprint density at radius 3 is 2.94 bits per heavy atom. The highest BCUT2D eigenvalue weighted by molar-refractivity contribution is 5.08. The molecule has 2 rings (SSSR count). The van der Waals surface area contributed by atoms with Gasteiger partial charge in [-0.25, -0.2) is 0 Å². The van der Waals surface area contributed by atoms with Gasteiger partial charge in [0.2, 0.25) is 0 Å². The molecule has 0 amide bonds. The third kappa shape index (κ3) is 3.29. The van der Waals surface area contributed by atoms with E-state index in [1.54, 1.807) is 0 Å². The molecule has 2 N–H and O–H groups in total. The fourth-order valence-corrected chi connectivity index (χ4v) is 2.33. The predicted octanol–water partition coefficient (Wildman–Crippen LogP) is 1.29. The predicted molar refractivity (Wildman–Crippen MR) is 66.1 cm³/mol. The molecule has 1 fully saturated rings. The summed E-state index contributed by atoms with van der Waals surface area (Å²) in [6.07, 6.45) is 7.27. The van der Waals surface area contributed by atoms with Crippen LogP contribution in [0.15, 0.2) is 24.5 Å². The zero-order valence-electron chi connectivity index (χ0n) is 9.97. The van der Waals surface area contributed by atoms with Crippen molar-refractivity contribution in [2.75, 3.05) is 20.1 Å². The van der Waals surface area contributed by atoms with E-state index in [1.807, 2.05) is 18.5 Å². The van der Waals surface area contributed by atoms with Gasteiger partial charge >= 0.3 is 0 Å². The quantitative estimate of drug-likeness (QED) is 0.811. The summed E-state index contributed by atoms with van der Waals surface area (Å²) in [6.45, 7) is 2.30. The molecule has 88 valence electrons. The molecule has 0 spiro atoms. The number of aromatic nitrogens is 1. The van der Waals surface area contributed by atoms with E-state index in [-0.39, 0.29) is 0 Å². The maximum Gasteiger partial charge on any atom is 0.0300 e. The highest BCUT2D eigenvalue weighted by atomic mass is 15.1.